The van der Waals surface area contributed by atoms with Crippen LogP contribution in [0.25, 0.3) is 0 Å². The lowest BCUT2D eigenvalue weighted by Crippen LogP contribution is -2.29. The minimum absolute atomic E-state index is 0.344. The molecular formula is C12H14N2O6. The number of carboxylic acid groups (broad SMARTS) is 1. The average Bonchev–Trinajstić information content (AvgIpc) is 2.30. The molecule has 1 aromatic carbocycles. The number of amides is 1. The summed E-state index contributed by atoms with van der Waals surface area (Å²) in [6.45, 7) is 2.71. The van der Waals surface area contributed by atoms with E-state index in [9.17, 15) is 24.8 Å². The first-order valence-corrected chi connectivity index (χ1v) is 5.65. The number of aromatic hydroxyl groups is 1. The summed E-state index contributed by atoms with van der Waals surface area (Å²) in [7, 11) is 0. The Balaban J connectivity index is 2.97. The third kappa shape index (κ3) is 3.44. The smallest absolute Gasteiger partial charge is 0.309 e. The lowest BCUT2D eigenvalue weighted by Gasteiger charge is -2.18. The number of carboxylic acids is 1. The summed E-state index contributed by atoms with van der Waals surface area (Å²) >= 11 is 0. The summed E-state index contributed by atoms with van der Waals surface area (Å²) in [4.78, 5) is 32.7. The summed E-state index contributed by atoms with van der Waals surface area (Å²) < 4.78 is 0. The van der Waals surface area contributed by atoms with Crippen LogP contribution in [0.5, 0.6) is 5.75 Å². The van der Waals surface area contributed by atoms with Crippen molar-refractivity contribution in [2.45, 2.75) is 20.3 Å². The van der Waals surface area contributed by atoms with E-state index >= 15 is 0 Å². The molecular weight excluding hydrogens is 268 g/mol. The van der Waals surface area contributed by atoms with Crippen molar-refractivity contribution in [3.8, 4) is 5.75 Å². The molecule has 1 rings (SSSR count). The molecule has 0 spiro atoms. The summed E-state index contributed by atoms with van der Waals surface area (Å²) in [5.41, 5.74) is -2.13. The first-order chi connectivity index (χ1) is 9.15. The number of carbonyl (C=O) groups is 2. The zero-order chi connectivity index (χ0) is 15.5. The van der Waals surface area contributed by atoms with Crippen LogP contribution in [-0.2, 0) is 9.59 Å². The standard InChI is InChI=1S/C12H14N2O6/c1-12(2,11(17)18)6-9(16)13-10-7(14(19)20)4-3-5-8(10)15/h3-5,15H,6H2,1-2H3,(H,13,16)(H,17,18). The molecule has 0 unspecified atom stereocenters. The van der Waals surface area contributed by atoms with Gasteiger partial charge in [-0.25, -0.2) is 0 Å². The number of hydrogen-bond acceptors (Lipinski definition) is 5. The van der Waals surface area contributed by atoms with Crippen molar-refractivity contribution in [3.05, 3.63) is 28.3 Å². The lowest BCUT2D eigenvalue weighted by molar-refractivity contribution is -0.384. The van der Waals surface area contributed by atoms with E-state index in [1.807, 2.05) is 0 Å². The maximum atomic E-state index is 11.8. The van der Waals surface area contributed by atoms with Crippen LogP contribution in [0.2, 0.25) is 0 Å². The fourth-order valence-electron chi connectivity index (χ4n) is 1.47. The molecule has 108 valence electrons. The minimum atomic E-state index is -1.32. The van der Waals surface area contributed by atoms with E-state index in [-0.39, 0.29) is 12.1 Å². The maximum absolute atomic E-state index is 11.8. The van der Waals surface area contributed by atoms with Crippen molar-refractivity contribution >= 4 is 23.3 Å². The Kier molecular flexibility index (Phi) is 4.28. The summed E-state index contributed by atoms with van der Waals surface area (Å²) in [5, 5.41) is 31.5. The number of phenols is 1. The van der Waals surface area contributed by atoms with Crippen molar-refractivity contribution in [2.75, 3.05) is 5.32 Å². The molecule has 8 nitrogen and oxygen atoms in total. The van der Waals surface area contributed by atoms with E-state index in [1.165, 1.54) is 26.0 Å². The van der Waals surface area contributed by atoms with E-state index < -0.39 is 33.7 Å². The molecule has 0 fully saturated rings. The van der Waals surface area contributed by atoms with Gasteiger partial charge in [0.25, 0.3) is 5.69 Å². The van der Waals surface area contributed by atoms with Crippen LogP contribution in [0.3, 0.4) is 0 Å². The molecule has 0 aromatic heterocycles. The van der Waals surface area contributed by atoms with Gasteiger partial charge in [0.05, 0.1) is 10.3 Å². The van der Waals surface area contributed by atoms with Gasteiger partial charge >= 0.3 is 5.97 Å². The van der Waals surface area contributed by atoms with E-state index in [0.717, 1.165) is 6.07 Å². The molecule has 1 aromatic rings. The Morgan fingerprint density at radius 3 is 2.50 bits per heavy atom. The van der Waals surface area contributed by atoms with Gasteiger partial charge in [0, 0.05) is 12.5 Å². The number of nitro groups is 1. The lowest BCUT2D eigenvalue weighted by atomic mass is 9.89. The summed E-state index contributed by atoms with van der Waals surface area (Å²) in [6.07, 6.45) is -0.381. The second-order valence-electron chi connectivity index (χ2n) is 4.84. The third-order valence-electron chi connectivity index (χ3n) is 2.66. The van der Waals surface area contributed by atoms with Crippen molar-refractivity contribution in [2.24, 2.45) is 5.41 Å². The van der Waals surface area contributed by atoms with Crippen LogP contribution in [0.4, 0.5) is 11.4 Å². The molecule has 0 bridgehead atoms. The predicted molar refractivity (Wildman–Crippen MR) is 69.4 cm³/mol. The molecule has 0 aliphatic heterocycles. The quantitative estimate of drug-likeness (QED) is 0.428. The Hall–Kier alpha value is -2.64. The van der Waals surface area contributed by atoms with E-state index in [1.54, 1.807) is 0 Å². The number of nitro benzene ring substituents is 1. The number of nitrogens with zero attached hydrogens (tertiary/aromatic N) is 1. The van der Waals surface area contributed by atoms with Gasteiger partial charge in [0.2, 0.25) is 5.91 Å². The van der Waals surface area contributed by atoms with Crippen LogP contribution in [-0.4, -0.2) is 27.0 Å². The number of rotatable bonds is 5. The SMILES string of the molecule is CC(C)(CC(=O)Nc1c(O)cccc1[N+](=O)[O-])C(=O)O. The number of anilines is 1. The first kappa shape index (κ1) is 15.4. The molecule has 0 radical (unpaired) electrons. The van der Waals surface area contributed by atoms with Crippen LogP contribution in [0, 0.1) is 15.5 Å². The van der Waals surface area contributed by atoms with Gasteiger partial charge in [-0.3, -0.25) is 19.7 Å². The van der Waals surface area contributed by atoms with Crippen LogP contribution >= 0.6 is 0 Å². The van der Waals surface area contributed by atoms with Crippen LogP contribution < -0.4 is 5.32 Å². The van der Waals surface area contributed by atoms with E-state index in [2.05, 4.69) is 5.32 Å². The molecule has 3 N–H and O–H groups in total. The Labute approximate surface area is 114 Å². The largest absolute Gasteiger partial charge is 0.505 e. The first-order valence-electron chi connectivity index (χ1n) is 5.65. The highest BCUT2D eigenvalue weighted by atomic mass is 16.6. The van der Waals surface area contributed by atoms with E-state index in [0.29, 0.717) is 0 Å². The molecule has 0 saturated carbocycles. The Bertz CT molecular complexity index is 567. The van der Waals surface area contributed by atoms with Gasteiger partial charge in [0.15, 0.2) is 5.69 Å². The number of aliphatic carboxylic acids is 1. The fourth-order valence-corrected chi connectivity index (χ4v) is 1.47. The van der Waals surface area contributed by atoms with Crippen molar-refractivity contribution < 1.29 is 24.7 Å². The number of para-hydroxylation sites is 1. The maximum Gasteiger partial charge on any atom is 0.309 e. The second-order valence-corrected chi connectivity index (χ2v) is 4.84. The molecule has 0 heterocycles. The highest BCUT2D eigenvalue weighted by molar-refractivity contribution is 5.97. The minimum Gasteiger partial charge on any atom is -0.505 e. The van der Waals surface area contributed by atoms with Gasteiger partial charge in [-0.1, -0.05) is 6.07 Å². The zero-order valence-corrected chi connectivity index (χ0v) is 10.9. The summed E-state index contributed by atoms with van der Waals surface area (Å²) in [5.74, 6) is -2.36. The van der Waals surface area contributed by atoms with Crippen LogP contribution in [0.1, 0.15) is 20.3 Å². The van der Waals surface area contributed by atoms with Gasteiger partial charge in [-0.15, -0.1) is 0 Å². The molecule has 20 heavy (non-hydrogen) atoms. The van der Waals surface area contributed by atoms with Gasteiger partial charge in [0.1, 0.15) is 5.75 Å². The van der Waals surface area contributed by atoms with Crippen molar-refractivity contribution in [1.82, 2.24) is 0 Å². The molecule has 0 aliphatic rings. The molecule has 0 atom stereocenters. The Morgan fingerprint density at radius 1 is 1.40 bits per heavy atom. The fraction of sp³-hybridized carbons (Fsp3) is 0.333. The number of benzene rings is 1. The van der Waals surface area contributed by atoms with Crippen LogP contribution in [0.15, 0.2) is 18.2 Å². The highest BCUT2D eigenvalue weighted by Gasteiger charge is 2.31. The highest BCUT2D eigenvalue weighted by Crippen LogP contribution is 2.33. The van der Waals surface area contributed by atoms with Crippen molar-refractivity contribution in [1.29, 1.82) is 0 Å². The monoisotopic (exact) mass is 282 g/mol. The number of phenolic OH excluding ortho intramolecular Hbond substituents is 1. The molecule has 8 heteroatoms. The topological polar surface area (TPSA) is 130 Å². The molecule has 0 aliphatic carbocycles. The average molecular weight is 282 g/mol. The second kappa shape index (κ2) is 5.55. The number of hydrogen-bond donors (Lipinski definition) is 3. The predicted octanol–water partition coefficient (Wildman–Crippen LogP) is 1.74. The molecule has 0 saturated heterocycles. The van der Waals surface area contributed by atoms with Gasteiger partial charge in [-0.05, 0) is 19.9 Å². The van der Waals surface area contributed by atoms with Gasteiger partial charge in [-0.2, -0.15) is 0 Å². The number of nitrogens with one attached hydrogen (secondary N) is 1. The molecule has 1 amide bonds. The zero-order valence-electron chi connectivity index (χ0n) is 10.9. The number of carbonyl (C=O) groups excluding carboxylic acids is 1. The van der Waals surface area contributed by atoms with E-state index in [4.69, 9.17) is 5.11 Å². The van der Waals surface area contributed by atoms with Gasteiger partial charge < -0.3 is 15.5 Å². The normalized spacial score (nSPS) is 10.9. The Morgan fingerprint density at radius 2 is 2.00 bits per heavy atom. The summed E-state index contributed by atoms with van der Waals surface area (Å²) in [6, 6.07) is 3.58. The third-order valence-corrected chi connectivity index (χ3v) is 2.66. The van der Waals surface area contributed by atoms with Crippen molar-refractivity contribution in [3.63, 3.8) is 0 Å².